The molecule has 0 fully saturated rings. The summed E-state index contributed by atoms with van der Waals surface area (Å²) in [7, 11) is 0. The molecule has 0 bridgehead atoms. The van der Waals surface area contributed by atoms with Crippen molar-refractivity contribution in [1.29, 1.82) is 0 Å². The second kappa shape index (κ2) is 7.17. The molecule has 4 heteroatoms. The maximum atomic E-state index is 10.4. The molecule has 0 aliphatic heterocycles. The van der Waals surface area contributed by atoms with E-state index in [-0.39, 0.29) is 5.92 Å². The lowest BCUT2D eigenvalue weighted by Gasteiger charge is -2.20. The minimum Gasteiger partial charge on any atom is -0.386 e. The number of aryl methyl sites for hydroxylation is 1. The number of rotatable bonds is 7. The van der Waals surface area contributed by atoms with Gasteiger partial charge in [0.05, 0.1) is 22.5 Å². The van der Waals surface area contributed by atoms with E-state index in [1.54, 1.807) is 6.20 Å². The maximum absolute atomic E-state index is 10.4. The molecule has 1 aromatic rings. The molecular formula is C13H23BrN2O. The Morgan fingerprint density at radius 1 is 1.41 bits per heavy atom. The third-order valence-corrected chi connectivity index (χ3v) is 3.71. The molecule has 2 atom stereocenters. The van der Waals surface area contributed by atoms with Gasteiger partial charge in [-0.25, -0.2) is 0 Å². The van der Waals surface area contributed by atoms with Gasteiger partial charge >= 0.3 is 0 Å². The van der Waals surface area contributed by atoms with Crippen molar-refractivity contribution in [3.63, 3.8) is 0 Å². The van der Waals surface area contributed by atoms with E-state index in [2.05, 4.69) is 41.8 Å². The molecule has 1 rings (SSSR count). The molecule has 0 aliphatic rings. The summed E-state index contributed by atoms with van der Waals surface area (Å²) in [6.07, 6.45) is 5.77. The zero-order valence-electron chi connectivity index (χ0n) is 11.0. The van der Waals surface area contributed by atoms with Crippen molar-refractivity contribution < 1.29 is 5.11 Å². The summed E-state index contributed by atoms with van der Waals surface area (Å²) in [5.41, 5.74) is 0.926. The van der Waals surface area contributed by atoms with E-state index >= 15 is 0 Å². The van der Waals surface area contributed by atoms with Crippen LogP contribution in [-0.4, -0.2) is 14.9 Å². The molecular weight excluding hydrogens is 280 g/mol. The second-order valence-electron chi connectivity index (χ2n) is 4.67. The highest BCUT2D eigenvalue weighted by Crippen LogP contribution is 2.31. The fourth-order valence-electron chi connectivity index (χ4n) is 2.01. The zero-order valence-corrected chi connectivity index (χ0v) is 12.6. The molecule has 17 heavy (non-hydrogen) atoms. The summed E-state index contributed by atoms with van der Waals surface area (Å²) >= 11 is 3.48. The molecule has 0 spiro atoms. The van der Waals surface area contributed by atoms with Gasteiger partial charge in [-0.1, -0.05) is 33.6 Å². The number of hydrogen-bond donors (Lipinski definition) is 1. The summed E-state index contributed by atoms with van der Waals surface area (Å²) in [4.78, 5) is 0. The highest BCUT2D eigenvalue weighted by Gasteiger charge is 2.22. The van der Waals surface area contributed by atoms with Gasteiger partial charge < -0.3 is 5.11 Å². The van der Waals surface area contributed by atoms with Gasteiger partial charge in [0.25, 0.3) is 0 Å². The third-order valence-electron chi connectivity index (χ3n) is 3.10. The van der Waals surface area contributed by atoms with Gasteiger partial charge in [-0.15, -0.1) is 0 Å². The monoisotopic (exact) mass is 302 g/mol. The van der Waals surface area contributed by atoms with Crippen molar-refractivity contribution in [2.24, 2.45) is 5.92 Å². The Hall–Kier alpha value is -0.350. The fourth-order valence-corrected chi connectivity index (χ4v) is 2.54. The normalized spacial score (nSPS) is 14.9. The molecule has 0 aliphatic carbocycles. The van der Waals surface area contributed by atoms with Crippen LogP contribution in [0, 0.1) is 5.92 Å². The van der Waals surface area contributed by atoms with E-state index in [0.717, 1.165) is 36.0 Å². The van der Waals surface area contributed by atoms with Crippen LogP contribution in [-0.2, 0) is 6.54 Å². The summed E-state index contributed by atoms with van der Waals surface area (Å²) < 4.78 is 2.83. The van der Waals surface area contributed by atoms with Crippen LogP contribution >= 0.6 is 15.9 Å². The van der Waals surface area contributed by atoms with Crippen LogP contribution in [0.1, 0.15) is 58.3 Å². The Labute approximate surface area is 112 Å². The highest BCUT2D eigenvalue weighted by atomic mass is 79.9. The Morgan fingerprint density at radius 2 is 2.12 bits per heavy atom. The number of hydrogen-bond acceptors (Lipinski definition) is 2. The summed E-state index contributed by atoms with van der Waals surface area (Å²) in [6, 6.07) is 0. The first-order valence-corrected chi connectivity index (χ1v) is 7.30. The fraction of sp³-hybridized carbons (Fsp3) is 0.769. The molecule has 0 radical (unpaired) electrons. The molecule has 2 unspecified atom stereocenters. The van der Waals surface area contributed by atoms with Crippen molar-refractivity contribution in [3.05, 3.63) is 16.4 Å². The largest absolute Gasteiger partial charge is 0.386 e. The van der Waals surface area contributed by atoms with Gasteiger partial charge in [-0.05, 0) is 34.7 Å². The Morgan fingerprint density at radius 3 is 2.71 bits per heavy atom. The van der Waals surface area contributed by atoms with E-state index in [0.29, 0.717) is 0 Å². The van der Waals surface area contributed by atoms with Crippen LogP contribution in [0.4, 0.5) is 0 Å². The Bertz CT molecular complexity index is 338. The van der Waals surface area contributed by atoms with Gasteiger partial charge in [-0.2, -0.15) is 5.10 Å². The van der Waals surface area contributed by atoms with Crippen LogP contribution in [0.3, 0.4) is 0 Å². The molecule has 1 heterocycles. The van der Waals surface area contributed by atoms with E-state index in [9.17, 15) is 5.11 Å². The van der Waals surface area contributed by atoms with Crippen molar-refractivity contribution in [1.82, 2.24) is 9.78 Å². The van der Waals surface area contributed by atoms with Crippen molar-refractivity contribution in [2.75, 3.05) is 0 Å². The van der Waals surface area contributed by atoms with Crippen LogP contribution in [0.2, 0.25) is 0 Å². The lowest BCUT2D eigenvalue weighted by molar-refractivity contribution is 0.101. The molecule has 0 saturated heterocycles. The van der Waals surface area contributed by atoms with Crippen molar-refractivity contribution in [2.45, 2.75) is 59.1 Å². The van der Waals surface area contributed by atoms with E-state index < -0.39 is 6.10 Å². The van der Waals surface area contributed by atoms with Crippen LogP contribution in [0.15, 0.2) is 10.7 Å². The van der Waals surface area contributed by atoms with Gasteiger partial charge in [0, 0.05) is 6.54 Å². The number of nitrogens with zero attached hydrogens (tertiary/aromatic N) is 2. The molecule has 98 valence electrons. The maximum Gasteiger partial charge on any atom is 0.0993 e. The topological polar surface area (TPSA) is 38.1 Å². The van der Waals surface area contributed by atoms with E-state index in [1.165, 1.54) is 6.42 Å². The molecule has 0 saturated carbocycles. The molecule has 0 aromatic carbocycles. The van der Waals surface area contributed by atoms with Gasteiger partial charge in [-0.3, -0.25) is 4.68 Å². The average Bonchev–Trinajstić information content (AvgIpc) is 2.67. The van der Waals surface area contributed by atoms with Gasteiger partial charge in [0.15, 0.2) is 0 Å². The van der Waals surface area contributed by atoms with Gasteiger partial charge in [0.2, 0.25) is 0 Å². The quantitative estimate of drug-likeness (QED) is 0.829. The van der Waals surface area contributed by atoms with Crippen LogP contribution in [0.25, 0.3) is 0 Å². The smallest absolute Gasteiger partial charge is 0.0993 e. The summed E-state index contributed by atoms with van der Waals surface area (Å²) in [6.45, 7) is 7.26. The average molecular weight is 303 g/mol. The van der Waals surface area contributed by atoms with E-state index in [1.807, 2.05) is 4.68 Å². The first-order chi connectivity index (χ1) is 8.11. The first kappa shape index (κ1) is 14.7. The Kier molecular flexibility index (Phi) is 6.20. The SMILES string of the molecule is CCCCC(C)C(O)c1c(Br)cnn1CCC. The third kappa shape index (κ3) is 3.81. The summed E-state index contributed by atoms with van der Waals surface area (Å²) in [5, 5.41) is 14.7. The van der Waals surface area contributed by atoms with Crippen LogP contribution < -0.4 is 0 Å². The number of halogens is 1. The standard InChI is InChI=1S/C13H23BrN2O/c1-4-6-7-10(3)13(17)12-11(14)9-15-16(12)8-5-2/h9-10,13,17H,4-8H2,1-3H3. The lowest BCUT2D eigenvalue weighted by atomic mass is 9.96. The first-order valence-electron chi connectivity index (χ1n) is 6.51. The predicted molar refractivity (Wildman–Crippen MR) is 73.9 cm³/mol. The number of aliphatic hydroxyl groups is 1. The number of aliphatic hydroxyl groups excluding tert-OH is 1. The minimum absolute atomic E-state index is 0.276. The van der Waals surface area contributed by atoms with Gasteiger partial charge in [0.1, 0.15) is 0 Å². The Balaban J connectivity index is 2.78. The molecule has 3 nitrogen and oxygen atoms in total. The predicted octanol–water partition coefficient (Wildman–Crippen LogP) is 3.92. The second-order valence-corrected chi connectivity index (χ2v) is 5.52. The lowest BCUT2D eigenvalue weighted by Crippen LogP contribution is -2.15. The van der Waals surface area contributed by atoms with E-state index in [4.69, 9.17) is 0 Å². The molecule has 1 N–H and O–H groups in total. The highest BCUT2D eigenvalue weighted by molar-refractivity contribution is 9.10. The minimum atomic E-state index is -0.426. The summed E-state index contributed by atoms with van der Waals surface area (Å²) in [5.74, 6) is 0.276. The zero-order chi connectivity index (χ0) is 12.8. The van der Waals surface area contributed by atoms with Crippen LogP contribution in [0.5, 0.6) is 0 Å². The molecule has 1 aromatic heterocycles. The van der Waals surface area contributed by atoms with Crippen molar-refractivity contribution >= 4 is 15.9 Å². The molecule has 0 amide bonds. The van der Waals surface area contributed by atoms with Crippen molar-refractivity contribution in [3.8, 4) is 0 Å². The number of unbranched alkanes of at least 4 members (excludes halogenated alkanes) is 1. The number of aromatic nitrogens is 2.